The van der Waals surface area contributed by atoms with Crippen LogP contribution in [-0.4, -0.2) is 24.1 Å². The highest BCUT2D eigenvalue weighted by atomic mass is 16.6. The van der Waals surface area contributed by atoms with Gasteiger partial charge in [0.2, 0.25) is 5.91 Å². The first kappa shape index (κ1) is 18.0. The zero-order valence-electron chi connectivity index (χ0n) is 14.1. The molecule has 0 aliphatic heterocycles. The van der Waals surface area contributed by atoms with E-state index in [1.807, 2.05) is 52.8 Å². The molecule has 0 saturated heterocycles. The molecule has 0 aliphatic carbocycles. The highest BCUT2D eigenvalue weighted by Gasteiger charge is 2.15. The van der Waals surface area contributed by atoms with Gasteiger partial charge in [0.05, 0.1) is 0 Å². The zero-order chi connectivity index (χ0) is 16.8. The molecule has 0 spiro atoms. The van der Waals surface area contributed by atoms with Gasteiger partial charge in [-0.1, -0.05) is 12.1 Å². The number of amides is 2. The lowest BCUT2D eigenvalue weighted by atomic mass is 10.1. The third kappa shape index (κ3) is 6.61. The minimum absolute atomic E-state index is 0.0558. The van der Waals surface area contributed by atoms with E-state index in [4.69, 9.17) is 4.74 Å². The van der Waals surface area contributed by atoms with Gasteiger partial charge in [-0.2, -0.15) is 0 Å². The molecule has 0 bridgehead atoms. The lowest BCUT2D eigenvalue weighted by Crippen LogP contribution is -2.33. The minimum atomic E-state index is -0.510. The van der Waals surface area contributed by atoms with E-state index in [1.165, 1.54) is 0 Å². The summed E-state index contributed by atoms with van der Waals surface area (Å²) in [7, 11) is 0. The highest BCUT2D eigenvalue weighted by Crippen LogP contribution is 2.18. The van der Waals surface area contributed by atoms with E-state index in [0.29, 0.717) is 19.4 Å². The van der Waals surface area contributed by atoms with Crippen LogP contribution in [0, 0.1) is 13.8 Å². The fraction of sp³-hybridized carbons (Fsp3) is 0.529. The van der Waals surface area contributed by atoms with Crippen molar-refractivity contribution in [2.75, 3.05) is 11.9 Å². The molecule has 2 N–H and O–H groups in total. The molecule has 0 unspecified atom stereocenters. The van der Waals surface area contributed by atoms with Crippen LogP contribution in [0.1, 0.15) is 44.7 Å². The predicted octanol–water partition coefficient (Wildman–Crippen LogP) is 3.55. The van der Waals surface area contributed by atoms with Crippen LogP contribution >= 0.6 is 0 Å². The summed E-state index contributed by atoms with van der Waals surface area (Å²) in [5.41, 5.74) is 2.54. The number of hydrogen-bond acceptors (Lipinski definition) is 3. The average Bonchev–Trinajstić information content (AvgIpc) is 2.38. The van der Waals surface area contributed by atoms with Gasteiger partial charge in [0.1, 0.15) is 5.60 Å². The maximum absolute atomic E-state index is 11.9. The lowest BCUT2D eigenvalue weighted by molar-refractivity contribution is -0.116. The smallest absolute Gasteiger partial charge is 0.407 e. The fourth-order valence-electron chi connectivity index (χ4n) is 1.85. The summed E-state index contributed by atoms with van der Waals surface area (Å²) < 4.78 is 5.12. The van der Waals surface area contributed by atoms with Crippen molar-refractivity contribution >= 4 is 17.7 Å². The van der Waals surface area contributed by atoms with Crippen LogP contribution in [0.15, 0.2) is 18.2 Å². The second-order valence-corrected chi connectivity index (χ2v) is 6.33. The van der Waals surface area contributed by atoms with E-state index in [1.54, 1.807) is 0 Å². The maximum atomic E-state index is 11.9. The number of carbonyl (C=O) groups excluding carboxylic acids is 2. The van der Waals surface area contributed by atoms with Crippen LogP contribution in [0.25, 0.3) is 0 Å². The second kappa shape index (κ2) is 7.82. The minimum Gasteiger partial charge on any atom is -0.444 e. The molecule has 0 aliphatic rings. The third-order valence-corrected chi connectivity index (χ3v) is 3.13. The number of benzene rings is 1. The first-order chi connectivity index (χ1) is 10.2. The molecule has 1 aromatic carbocycles. The van der Waals surface area contributed by atoms with Gasteiger partial charge in [-0.05, 0) is 58.2 Å². The predicted molar refractivity (Wildman–Crippen MR) is 88.0 cm³/mol. The highest BCUT2D eigenvalue weighted by molar-refractivity contribution is 5.91. The van der Waals surface area contributed by atoms with Crippen molar-refractivity contribution in [3.8, 4) is 0 Å². The van der Waals surface area contributed by atoms with E-state index in [2.05, 4.69) is 10.6 Å². The largest absolute Gasteiger partial charge is 0.444 e. The molecule has 1 aromatic rings. The fourth-order valence-corrected chi connectivity index (χ4v) is 1.85. The number of rotatable bonds is 5. The lowest BCUT2D eigenvalue weighted by Gasteiger charge is -2.19. The summed E-state index contributed by atoms with van der Waals surface area (Å²) in [6, 6.07) is 5.82. The normalized spacial score (nSPS) is 11.0. The van der Waals surface area contributed by atoms with Gasteiger partial charge in [-0.3, -0.25) is 4.79 Å². The van der Waals surface area contributed by atoms with Gasteiger partial charge in [0.15, 0.2) is 0 Å². The number of nitrogens with one attached hydrogen (secondary N) is 2. The van der Waals surface area contributed by atoms with E-state index in [-0.39, 0.29) is 5.91 Å². The van der Waals surface area contributed by atoms with Crippen LogP contribution in [0.5, 0.6) is 0 Å². The van der Waals surface area contributed by atoms with Gasteiger partial charge in [0, 0.05) is 18.7 Å². The Morgan fingerprint density at radius 3 is 2.50 bits per heavy atom. The Balaban J connectivity index is 2.30. The van der Waals surface area contributed by atoms with Gasteiger partial charge in [-0.15, -0.1) is 0 Å². The van der Waals surface area contributed by atoms with Crippen LogP contribution in [0.3, 0.4) is 0 Å². The molecule has 122 valence electrons. The molecule has 0 saturated carbocycles. The molecule has 0 atom stereocenters. The quantitative estimate of drug-likeness (QED) is 0.818. The van der Waals surface area contributed by atoms with Crippen LogP contribution < -0.4 is 10.6 Å². The Bertz CT molecular complexity index is 533. The molecular weight excluding hydrogens is 280 g/mol. The number of carbonyl (C=O) groups is 2. The molecule has 5 nitrogen and oxygen atoms in total. The average molecular weight is 306 g/mol. The SMILES string of the molecule is Cc1cccc(NC(=O)CCCNC(=O)OC(C)(C)C)c1C. The van der Waals surface area contributed by atoms with Crippen molar-refractivity contribution < 1.29 is 14.3 Å². The molecule has 5 heteroatoms. The summed E-state index contributed by atoms with van der Waals surface area (Å²) in [5.74, 6) is -0.0558. The van der Waals surface area contributed by atoms with E-state index >= 15 is 0 Å². The first-order valence-corrected chi connectivity index (χ1v) is 7.52. The summed E-state index contributed by atoms with van der Waals surface area (Å²) in [6.07, 6.45) is 0.460. The number of ether oxygens (including phenoxy) is 1. The molecule has 2 amide bonds. The number of alkyl carbamates (subject to hydrolysis) is 1. The Morgan fingerprint density at radius 1 is 1.18 bits per heavy atom. The molecule has 0 aromatic heterocycles. The Morgan fingerprint density at radius 2 is 1.86 bits per heavy atom. The van der Waals surface area contributed by atoms with Crippen molar-refractivity contribution in [3.05, 3.63) is 29.3 Å². The van der Waals surface area contributed by atoms with Crippen molar-refractivity contribution in [1.29, 1.82) is 0 Å². The molecular formula is C17H26N2O3. The number of anilines is 1. The Hall–Kier alpha value is -2.04. The van der Waals surface area contributed by atoms with E-state index in [9.17, 15) is 9.59 Å². The number of hydrogen-bond donors (Lipinski definition) is 2. The van der Waals surface area contributed by atoms with Gasteiger partial charge >= 0.3 is 6.09 Å². The van der Waals surface area contributed by atoms with Gasteiger partial charge in [-0.25, -0.2) is 4.79 Å². The van der Waals surface area contributed by atoms with Crippen LogP contribution in [0.2, 0.25) is 0 Å². The molecule has 0 radical (unpaired) electrons. The van der Waals surface area contributed by atoms with Crippen LogP contribution in [0.4, 0.5) is 10.5 Å². The van der Waals surface area contributed by atoms with Crippen molar-refractivity contribution in [2.24, 2.45) is 0 Å². The van der Waals surface area contributed by atoms with Gasteiger partial charge < -0.3 is 15.4 Å². The number of aryl methyl sites for hydroxylation is 1. The molecule has 0 fully saturated rings. The molecule has 0 heterocycles. The summed E-state index contributed by atoms with van der Waals surface area (Å²) >= 11 is 0. The van der Waals surface area contributed by atoms with Crippen molar-refractivity contribution in [2.45, 2.75) is 53.1 Å². The first-order valence-electron chi connectivity index (χ1n) is 7.52. The zero-order valence-corrected chi connectivity index (χ0v) is 14.1. The van der Waals surface area contributed by atoms with E-state index in [0.717, 1.165) is 16.8 Å². The summed E-state index contributed by atoms with van der Waals surface area (Å²) in [6.45, 7) is 9.83. The standard InChI is InChI=1S/C17H26N2O3/c1-12-8-6-9-14(13(12)2)19-15(20)10-7-11-18-16(21)22-17(3,4)5/h6,8-9H,7,10-11H2,1-5H3,(H,18,21)(H,19,20). The van der Waals surface area contributed by atoms with E-state index < -0.39 is 11.7 Å². The molecule has 22 heavy (non-hydrogen) atoms. The summed E-state index contributed by atoms with van der Waals surface area (Å²) in [5, 5.41) is 5.53. The third-order valence-electron chi connectivity index (χ3n) is 3.13. The Kier molecular flexibility index (Phi) is 6.40. The van der Waals surface area contributed by atoms with Crippen molar-refractivity contribution in [3.63, 3.8) is 0 Å². The molecule has 1 rings (SSSR count). The topological polar surface area (TPSA) is 67.4 Å². The van der Waals surface area contributed by atoms with Gasteiger partial charge in [0.25, 0.3) is 0 Å². The van der Waals surface area contributed by atoms with Crippen molar-refractivity contribution in [1.82, 2.24) is 5.32 Å². The Labute approximate surface area is 132 Å². The second-order valence-electron chi connectivity index (χ2n) is 6.33. The monoisotopic (exact) mass is 306 g/mol. The summed E-state index contributed by atoms with van der Waals surface area (Å²) in [4.78, 5) is 23.3. The maximum Gasteiger partial charge on any atom is 0.407 e. The van der Waals surface area contributed by atoms with Crippen LogP contribution in [-0.2, 0) is 9.53 Å².